The summed E-state index contributed by atoms with van der Waals surface area (Å²) in [7, 11) is 0. The van der Waals surface area contributed by atoms with Gasteiger partial charge in [-0.15, -0.1) is 0 Å². The Morgan fingerprint density at radius 1 is 1.20 bits per heavy atom. The van der Waals surface area contributed by atoms with Gasteiger partial charge in [-0.25, -0.2) is 4.98 Å². The minimum Gasteiger partial charge on any atom is -0.346 e. The Kier molecular flexibility index (Phi) is 3.52. The summed E-state index contributed by atoms with van der Waals surface area (Å²) in [5.41, 5.74) is 4.82. The van der Waals surface area contributed by atoms with E-state index in [2.05, 4.69) is 59.5 Å². The summed E-state index contributed by atoms with van der Waals surface area (Å²) in [6.07, 6.45) is 3.84. The molecule has 1 aromatic carbocycles. The van der Waals surface area contributed by atoms with Gasteiger partial charge in [0.2, 0.25) is 0 Å². The fourth-order valence-electron chi connectivity index (χ4n) is 2.39. The van der Waals surface area contributed by atoms with Crippen LogP contribution < -0.4 is 5.32 Å². The van der Waals surface area contributed by atoms with Gasteiger partial charge < -0.3 is 10.3 Å². The first kappa shape index (κ1) is 12.9. The average molecular weight is 265 g/mol. The van der Waals surface area contributed by atoms with Crippen LogP contribution in [0.4, 0.5) is 0 Å². The molecule has 0 aliphatic carbocycles. The van der Waals surface area contributed by atoms with E-state index in [9.17, 15) is 0 Å². The quantitative estimate of drug-likeness (QED) is 0.754. The Balaban J connectivity index is 1.71. The van der Waals surface area contributed by atoms with Crippen LogP contribution in [0.5, 0.6) is 0 Å². The molecule has 0 saturated heterocycles. The van der Waals surface area contributed by atoms with Crippen molar-refractivity contribution in [1.29, 1.82) is 0 Å². The molecule has 0 aliphatic heterocycles. The molecule has 2 N–H and O–H groups in total. The number of nitrogens with zero attached hydrogens (tertiary/aromatic N) is 1. The topological polar surface area (TPSA) is 40.7 Å². The minimum absolute atomic E-state index is 0.331. The molecule has 3 rings (SSSR count). The maximum Gasteiger partial charge on any atom is 0.137 e. The monoisotopic (exact) mass is 265 g/mol. The summed E-state index contributed by atoms with van der Waals surface area (Å²) in [4.78, 5) is 7.52. The molecule has 1 atom stereocenters. The van der Waals surface area contributed by atoms with E-state index in [1.807, 2.05) is 18.5 Å². The number of aromatic amines is 1. The molecule has 0 bridgehead atoms. The van der Waals surface area contributed by atoms with E-state index in [1.165, 1.54) is 22.1 Å². The van der Waals surface area contributed by atoms with Crippen LogP contribution in [0.2, 0.25) is 0 Å². The zero-order valence-electron chi connectivity index (χ0n) is 11.9. The number of nitrogens with one attached hydrogen (secondary N) is 2. The molecule has 2 heterocycles. The SMILES string of the molecule is Cc1ccc([C@H](C)NCc2c[nH]c3ncccc23)cc1. The molecule has 0 aliphatic rings. The lowest BCUT2D eigenvalue weighted by Gasteiger charge is -2.14. The molecule has 0 saturated carbocycles. The minimum atomic E-state index is 0.331. The number of hydrogen-bond acceptors (Lipinski definition) is 2. The zero-order chi connectivity index (χ0) is 13.9. The summed E-state index contributed by atoms with van der Waals surface area (Å²) < 4.78 is 0. The highest BCUT2D eigenvalue weighted by Crippen LogP contribution is 2.18. The van der Waals surface area contributed by atoms with E-state index < -0.39 is 0 Å². The second-order valence-corrected chi connectivity index (χ2v) is 5.23. The van der Waals surface area contributed by atoms with E-state index in [0.29, 0.717) is 6.04 Å². The summed E-state index contributed by atoms with van der Waals surface area (Å²) in [5.74, 6) is 0. The maximum atomic E-state index is 4.31. The molecule has 3 nitrogen and oxygen atoms in total. The van der Waals surface area contributed by atoms with E-state index in [1.54, 1.807) is 0 Å². The molecule has 0 fully saturated rings. The lowest BCUT2D eigenvalue weighted by atomic mass is 10.1. The van der Waals surface area contributed by atoms with Gasteiger partial charge in [0.25, 0.3) is 0 Å². The number of pyridine rings is 1. The number of aromatic nitrogens is 2. The van der Waals surface area contributed by atoms with Crippen LogP contribution in [0.25, 0.3) is 11.0 Å². The molecule has 0 spiro atoms. The zero-order valence-corrected chi connectivity index (χ0v) is 11.9. The van der Waals surface area contributed by atoms with Crippen molar-refractivity contribution in [1.82, 2.24) is 15.3 Å². The number of hydrogen-bond donors (Lipinski definition) is 2. The molecule has 3 heteroatoms. The molecular weight excluding hydrogens is 246 g/mol. The standard InChI is InChI=1S/C17H19N3/c1-12-5-7-14(8-6-12)13(2)19-10-15-11-20-17-16(15)4-3-9-18-17/h3-9,11,13,19H,10H2,1-2H3,(H,18,20)/t13-/m0/s1. The van der Waals surface area contributed by atoms with Gasteiger partial charge in [0, 0.05) is 30.4 Å². The van der Waals surface area contributed by atoms with Crippen molar-refractivity contribution in [3.8, 4) is 0 Å². The van der Waals surface area contributed by atoms with Gasteiger partial charge in [-0.2, -0.15) is 0 Å². The van der Waals surface area contributed by atoms with E-state index in [4.69, 9.17) is 0 Å². The molecule has 2 aromatic heterocycles. The van der Waals surface area contributed by atoms with Crippen molar-refractivity contribution >= 4 is 11.0 Å². The molecule has 0 unspecified atom stereocenters. The number of aryl methyl sites for hydroxylation is 1. The van der Waals surface area contributed by atoms with Crippen molar-refractivity contribution in [3.63, 3.8) is 0 Å². The molecule has 102 valence electrons. The predicted molar refractivity (Wildman–Crippen MR) is 82.5 cm³/mol. The van der Waals surface area contributed by atoms with Crippen LogP contribution in [0.3, 0.4) is 0 Å². The van der Waals surface area contributed by atoms with Crippen LogP contribution >= 0.6 is 0 Å². The van der Waals surface area contributed by atoms with Crippen molar-refractivity contribution in [2.75, 3.05) is 0 Å². The van der Waals surface area contributed by atoms with Crippen LogP contribution in [0, 0.1) is 6.92 Å². The number of H-pyrrole nitrogens is 1. The fourth-order valence-corrected chi connectivity index (χ4v) is 2.39. The van der Waals surface area contributed by atoms with Gasteiger partial charge in [0.05, 0.1) is 0 Å². The van der Waals surface area contributed by atoms with Crippen LogP contribution in [0.1, 0.15) is 29.7 Å². The number of benzene rings is 1. The third-order valence-corrected chi connectivity index (χ3v) is 3.71. The third-order valence-electron chi connectivity index (χ3n) is 3.71. The van der Waals surface area contributed by atoms with Gasteiger partial charge in [0.1, 0.15) is 5.65 Å². The predicted octanol–water partition coefficient (Wildman–Crippen LogP) is 3.72. The highest BCUT2D eigenvalue weighted by atomic mass is 14.9. The number of rotatable bonds is 4. The van der Waals surface area contributed by atoms with E-state index in [-0.39, 0.29) is 0 Å². The first-order valence-corrected chi connectivity index (χ1v) is 6.95. The Bertz CT molecular complexity index is 698. The Hall–Kier alpha value is -2.13. The van der Waals surface area contributed by atoms with Crippen molar-refractivity contribution in [2.45, 2.75) is 26.4 Å². The number of fused-ring (bicyclic) bond motifs is 1. The largest absolute Gasteiger partial charge is 0.346 e. The van der Waals surface area contributed by atoms with Crippen molar-refractivity contribution < 1.29 is 0 Å². The molecule has 0 radical (unpaired) electrons. The van der Waals surface area contributed by atoms with Crippen molar-refractivity contribution in [3.05, 3.63) is 65.5 Å². The van der Waals surface area contributed by atoms with Gasteiger partial charge in [-0.05, 0) is 37.1 Å². The highest BCUT2D eigenvalue weighted by Gasteiger charge is 2.07. The van der Waals surface area contributed by atoms with Gasteiger partial charge in [-0.3, -0.25) is 0 Å². The third kappa shape index (κ3) is 2.58. The Morgan fingerprint density at radius 3 is 2.80 bits per heavy atom. The molecule has 20 heavy (non-hydrogen) atoms. The first-order chi connectivity index (χ1) is 9.74. The lowest BCUT2D eigenvalue weighted by Crippen LogP contribution is -2.17. The molecule has 3 aromatic rings. The van der Waals surface area contributed by atoms with Gasteiger partial charge in [-0.1, -0.05) is 29.8 Å². The second kappa shape index (κ2) is 5.47. The normalized spacial score (nSPS) is 12.7. The smallest absolute Gasteiger partial charge is 0.137 e. The van der Waals surface area contributed by atoms with Crippen LogP contribution in [-0.2, 0) is 6.54 Å². The Labute approximate surface area is 119 Å². The van der Waals surface area contributed by atoms with Gasteiger partial charge in [0.15, 0.2) is 0 Å². The maximum absolute atomic E-state index is 4.31. The highest BCUT2D eigenvalue weighted by molar-refractivity contribution is 5.79. The molecular formula is C17H19N3. The van der Waals surface area contributed by atoms with Crippen LogP contribution in [0.15, 0.2) is 48.8 Å². The first-order valence-electron chi connectivity index (χ1n) is 6.95. The lowest BCUT2D eigenvalue weighted by molar-refractivity contribution is 0.576. The summed E-state index contributed by atoms with van der Waals surface area (Å²) in [5, 5.41) is 4.76. The van der Waals surface area contributed by atoms with E-state index >= 15 is 0 Å². The summed E-state index contributed by atoms with van der Waals surface area (Å²) in [6.45, 7) is 5.14. The Morgan fingerprint density at radius 2 is 2.00 bits per heavy atom. The average Bonchev–Trinajstić information content (AvgIpc) is 2.89. The van der Waals surface area contributed by atoms with Crippen LogP contribution in [-0.4, -0.2) is 9.97 Å². The fraction of sp³-hybridized carbons (Fsp3) is 0.235. The van der Waals surface area contributed by atoms with Gasteiger partial charge >= 0.3 is 0 Å². The molecule has 0 amide bonds. The summed E-state index contributed by atoms with van der Waals surface area (Å²) >= 11 is 0. The summed E-state index contributed by atoms with van der Waals surface area (Å²) in [6, 6.07) is 13.1. The second-order valence-electron chi connectivity index (χ2n) is 5.23. The van der Waals surface area contributed by atoms with E-state index in [0.717, 1.165) is 12.2 Å². The van der Waals surface area contributed by atoms with Crippen molar-refractivity contribution in [2.24, 2.45) is 0 Å².